The molecular weight excluding hydrogens is 236 g/mol. The van der Waals surface area contributed by atoms with Gasteiger partial charge in [0, 0.05) is 13.8 Å². The fourth-order valence-corrected chi connectivity index (χ4v) is 1.07. The Morgan fingerprint density at radius 2 is 1.53 bits per heavy atom. The van der Waals surface area contributed by atoms with Gasteiger partial charge in [-0.25, -0.2) is 9.59 Å². The third-order valence-corrected chi connectivity index (χ3v) is 1.79. The van der Waals surface area contributed by atoms with Crippen molar-refractivity contribution in [2.45, 2.75) is 32.5 Å². The van der Waals surface area contributed by atoms with Crippen molar-refractivity contribution in [3.05, 3.63) is 0 Å². The standard InChI is InChI=1S/C9H12O8/c1-4(10)16-6(7(12)13)9(3,8(14)15)17-5(2)11/h6H,1-3H3,(H,12,13)(H,14,15). The Morgan fingerprint density at radius 1 is 1.06 bits per heavy atom. The van der Waals surface area contributed by atoms with Crippen LogP contribution in [0.1, 0.15) is 20.8 Å². The lowest BCUT2D eigenvalue weighted by atomic mass is 9.99. The molecule has 0 rings (SSSR count). The summed E-state index contributed by atoms with van der Waals surface area (Å²) in [5.41, 5.74) is -2.48. The van der Waals surface area contributed by atoms with Crippen molar-refractivity contribution in [2.75, 3.05) is 0 Å². The number of carbonyl (C=O) groups excluding carboxylic acids is 2. The third kappa shape index (κ3) is 3.74. The van der Waals surface area contributed by atoms with E-state index in [0.29, 0.717) is 0 Å². The molecule has 0 saturated carbocycles. The topological polar surface area (TPSA) is 127 Å². The number of carboxylic acids is 2. The van der Waals surface area contributed by atoms with Gasteiger partial charge in [0.2, 0.25) is 6.10 Å². The summed E-state index contributed by atoms with van der Waals surface area (Å²) < 4.78 is 8.77. The van der Waals surface area contributed by atoms with E-state index in [4.69, 9.17) is 10.2 Å². The fourth-order valence-electron chi connectivity index (χ4n) is 1.07. The molecule has 8 nitrogen and oxygen atoms in total. The number of carbonyl (C=O) groups is 4. The summed E-state index contributed by atoms with van der Waals surface area (Å²) in [6.07, 6.45) is -2.12. The van der Waals surface area contributed by atoms with E-state index in [-0.39, 0.29) is 0 Å². The van der Waals surface area contributed by atoms with Gasteiger partial charge >= 0.3 is 23.9 Å². The van der Waals surface area contributed by atoms with Crippen LogP contribution in [0, 0.1) is 0 Å². The third-order valence-electron chi connectivity index (χ3n) is 1.79. The highest BCUT2D eigenvalue weighted by molar-refractivity contribution is 5.90. The summed E-state index contributed by atoms with van der Waals surface area (Å²) in [7, 11) is 0. The van der Waals surface area contributed by atoms with Crippen LogP contribution in [0.2, 0.25) is 0 Å². The zero-order valence-electron chi connectivity index (χ0n) is 9.42. The molecule has 96 valence electrons. The van der Waals surface area contributed by atoms with Crippen LogP contribution in [0.3, 0.4) is 0 Å². The predicted octanol–water partition coefficient (Wildman–Crippen LogP) is -0.591. The van der Waals surface area contributed by atoms with Gasteiger partial charge in [-0.15, -0.1) is 0 Å². The van der Waals surface area contributed by atoms with E-state index in [0.717, 1.165) is 20.8 Å². The number of aliphatic carboxylic acids is 2. The molecule has 0 aliphatic rings. The van der Waals surface area contributed by atoms with Crippen molar-refractivity contribution in [3.63, 3.8) is 0 Å². The van der Waals surface area contributed by atoms with Crippen LogP contribution in [0.25, 0.3) is 0 Å². The second-order valence-electron chi connectivity index (χ2n) is 3.33. The lowest BCUT2D eigenvalue weighted by Crippen LogP contribution is -2.55. The molecule has 0 saturated heterocycles. The Morgan fingerprint density at radius 3 is 1.76 bits per heavy atom. The van der Waals surface area contributed by atoms with E-state index in [1.165, 1.54) is 0 Å². The van der Waals surface area contributed by atoms with E-state index in [2.05, 4.69) is 9.47 Å². The van der Waals surface area contributed by atoms with Crippen LogP contribution in [0.15, 0.2) is 0 Å². The molecule has 17 heavy (non-hydrogen) atoms. The largest absolute Gasteiger partial charge is 0.478 e. The molecule has 0 aromatic carbocycles. The highest BCUT2D eigenvalue weighted by Gasteiger charge is 2.51. The smallest absolute Gasteiger partial charge is 0.352 e. The van der Waals surface area contributed by atoms with E-state index < -0.39 is 35.6 Å². The maximum Gasteiger partial charge on any atom is 0.352 e. The Labute approximate surface area is 96.1 Å². The van der Waals surface area contributed by atoms with Gasteiger partial charge in [0.05, 0.1) is 0 Å². The van der Waals surface area contributed by atoms with Gasteiger partial charge < -0.3 is 19.7 Å². The van der Waals surface area contributed by atoms with Crippen molar-refractivity contribution in [1.82, 2.24) is 0 Å². The highest BCUT2D eigenvalue weighted by Crippen LogP contribution is 2.20. The van der Waals surface area contributed by atoms with Gasteiger partial charge in [-0.3, -0.25) is 9.59 Å². The summed E-state index contributed by atoms with van der Waals surface area (Å²) in [4.78, 5) is 43.2. The fraction of sp³-hybridized carbons (Fsp3) is 0.556. The first-order valence-corrected chi connectivity index (χ1v) is 4.44. The van der Waals surface area contributed by atoms with Crippen LogP contribution in [0.5, 0.6) is 0 Å². The van der Waals surface area contributed by atoms with E-state index in [1.807, 2.05) is 0 Å². The Bertz CT molecular complexity index is 360. The molecule has 0 bridgehead atoms. The van der Waals surface area contributed by atoms with E-state index in [1.54, 1.807) is 0 Å². The normalized spacial score (nSPS) is 15.2. The first-order valence-electron chi connectivity index (χ1n) is 4.44. The minimum atomic E-state index is -2.48. The van der Waals surface area contributed by atoms with Crippen molar-refractivity contribution >= 4 is 23.9 Å². The van der Waals surface area contributed by atoms with Gasteiger partial charge in [-0.05, 0) is 6.92 Å². The lowest BCUT2D eigenvalue weighted by molar-refractivity contribution is -0.201. The van der Waals surface area contributed by atoms with Crippen molar-refractivity contribution in [1.29, 1.82) is 0 Å². The number of hydrogen-bond donors (Lipinski definition) is 2. The Kier molecular flexibility index (Phi) is 4.62. The molecule has 2 unspecified atom stereocenters. The summed E-state index contributed by atoms with van der Waals surface area (Å²) >= 11 is 0. The summed E-state index contributed by atoms with van der Waals surface area (Å²) in [5.74, 6) is -5.47. The zero-order valence-corrected chi connectivity index (χ0v) is 9.42. The van der Waals surface area contributed by atoms with Crippen molar-refractivity contribution < 1.29 is 38.9 Å². The lowest BCUT2D eigenvalue weighted by Gasteiger charge is -2.29. The molecule has 0 amide bonds. The summed E-state index contributed by atoms with van der Waals surface area (Å²) in [6, 6.07) is 0. The highest BCUT2D eigenvalue weighted by atomic mass is 16.6. The molecule has 0 radical (unpaired) electrons. The number of carboxylic acid groups (broad SMARTS) is 2. The van der Waals surface area contributed by atoms with Gasteiger partial charge in [0.1, 0.15) is 0 Å². The van der Waals surface area contributed by atoms with Crippen LogP contribution >= 0.6 is 0 Å². The second-order valence-corrected chi connectivity index (χ2v) is 3.33. The number of esters is 2. The molecular formula is C9H12O8. The van der Waals surface area contributed by atoms with Gasteiger partial charge in [0.25, 0.3) is 5.60 Å². The molecule has 2 N–H and O–H groups in total. The quantitative estimate of drug-likeness (QED) is 0.618. The molecule has 8 heteroatoms. The molecule has 0 aliphatic heterocycles. The van der Waals surface area contributed by atoms with Gasteiger partial charge in [0.15, 0.2) is 0 Å². The molecule has 0 fully saturated rings. The monoisotopic (exact) mass is 248 g/mol. The SMILES string of the molecule is CC(=O)OC(C(=O)O)C(C)(OC(C)=O)C(=O)O. The Hall–Kier alpha value is -2.12. The summed E-state index contributed by atoms with van der Waals surface area (Å²) in [5, 5.41) is 17.7. The number of rotatable bonds is 5. The number of ether oxygens (including phenoxy) is 2. The average Bonchev–Trinajstić information content (AvgIpc) is 2.11. The van der Waals surface area contributed by atoms with Gasteiger partial charge in [-0.2, -0.15) is 0 Å². The molecule has 0 aliphatic carbocycles. The van der Waals surface area contributed by atoms with Crippen LogP contribution < -0.4 is 0 Å². The molecule has 0 aromatic rings. The zero-order chi connectivity index (χ0) is 13.8. The molecule has 2 atom stereocenters. The minimum absolute atomic E-state index is 0.832. The Balaban J connectivity index is 5.36. The van der Waals surface area contributed by atoms with E-state index in [9.17, 15) is 19.2 Å². The predicted molar refractivity (Wildman–Crippen MR) is 51.0 cm³/mol. The second kappa shape index (κ2) is 5.28. The van der Waals surface area contributed by atoms with E-state index >= 15 is 0 Å². The van der Waals surface area contributed by atoms with Crippen LogP contribution in [-0.2, 0) is 28.7 Å². The first kappa shape index (κ1) is 14.9. The first-order chi connectivity index (χ1) is 7.61. The van der Waals surface area contributed by atoms with Crippen LogP contribution in [-0.4, -0.2) is 45.8 Å². The number of hydrogen-bond acceptors (Lipinski definition) is 6. The van der Waals surface area contributed by atoms with Crippen molar-refractivity contribution in [3.8, 4) is 0 Å². The molecule has 0 spiro atoms. The maximum atomic E-state index is 11.0. The van der Waals surface area contributed by atoms with Gasteiger partial charge in [-0.1, -0.05) is 0 Å². The average molecular weight is 248 g/mol. The maximum absolute atomic E-state index is 11.0. The molecule has 0 aromatic heterocycles. The van der Waals surface area contributed by atoms with Crippen LogP contribution in [0.4, 0.5) is 0 Å². The minimum Gasteiger partial charge on any atom is -0.478 e. The molecule has 0 heterocycles. The summed E-state index contributed by atoms with van der Waals surface area (Å²) in [6.45, 7) is 2.65. The van der Waals surface area contributed by atoms with Crippen molar-refractivity contribution in [2.24, 2.45) is 0 Å².